The maximum atomic E-state index is 6.32. The van der Waals surface area contributed by atoms with Crippen molar-refractivity contribution >= 4 is 17.3 Å². The fourth-order valence-corrected chi connectivity index (χ4v) is 2.20. The number of anilines is 1. The summed E-state index contributed by atoms with van der Waals surface area (Å²) < 4.78 is 0. The van der Waals surface area contributed by atoms with Crippen LogP contribution in [-0.4, -0.2) is 19.1 Å². The molecule has 0 aliphatic rings. The van der Waals surface area contributed by atoms with Crippen LogP contribution in [0.3, 0.4) is 0 Å². The van der Waals surface area contributed by atoms with Gasteiger partial charge in [0.1, 0.15) is 0 Å². The van der Waals surface area contributed by atoms with Crippen LogP contribution in [0.4, 0.5) is 5.69 Å². The topological polar surface area (TPSA) is 29.3 Å². The van der Waals surface area contributed by atoms with Crippen LogP contribution in [0.2, 0.25) is 5.02 Å². The van der Waals surface area contributed by atoms with Crippen LogP contribution in [0.1, 0.15) is 33.3 Å². The first-order valence-corrected chi connectivity index (χ1v) is 6.97. The van der Waals surface area contributed by atoms with Crippen molar-refractivity contribution in [1.82, 2.24) is 0 Å². The van der Waals surface area contributed by atoms with Gasteiger partial charge in [0.15, 0.2) is 0 Å². The van der Waals surface area contributed by atoms with Gasteiger partial charge in [-0.05, 0) is 43.9 Å². The van der Waals surface area contributed by atoms with E-state index in [9.17, 15) is 0 Å². The molecule has 0 aliphatic carbocycles. The lowest BCUT2D eigenvalue weighted by atomic mass is 10.0. The summed E-state index contributed by atoms with van der Waals surface area (Å²) in [5.41, 5.74) is 8.10. The normalized spacial score (nSPS) is 14.7. The van der Waals surface area contributed by atoms with Crippen LogP contribution < -0.4 is 10.6 Å². The quantitative estimate of drug-likeness (QED) is 0.882. The fraction of sp³-hybridized carbons (Fsp3) is 0.600. The van der Waals surface area contributed by atoms with Crippen molar-refractivity contribution < 1.29 is 0 Å². The predicted molar refractivity (Wildman–Crippen MR) is 81.5 cm³/mol. The molecule has 18 heavy (non-hydrogen) atoms. The van der Waals surface area contributed by atoms with E-state index < -0.39 is 0 Å². The first kappa shape index (κ1) is 15.3. The van der Waals surface area contributed by atoms with E-state index in [0.29, 0.717) is 12.0 Å². The predicted octanol–water partition coefficient (Wildman–Crippen LogP) is 3.71. The van der Waals surface area contributed by atoms with Crippen molar-refractivity contribution in [2.24, 2.45) is 11.7 Å². The Hall–Kier alpha value is -0.730. The number of halogens is 1. The van der Waals surface area contributed by atoms with Gasteiger partial charge >= 0.3 is 0 Å². The molecule has 0 fully saturated rings. The number of benzene rings is 1. The molecule has 0 bridgehead atoms. The van der Waals surface area contributed by atoms with E-state index in [2.05, 4.69) is 44.9 Å². The number of nitrogens with zero attached hydrogens (tertiary/aromatic N) is 1. The van der Waals surface area contributed by atoms with Gasteiger partial charge in [-0.15, -0.1) is 0 Å². The highest BCUT2D eigenvalue weighted by atomic mass is 35.5. The molecule has 0 saturated carbocycles. The first-order valence-electron chi connectivity index (χ1n) is 6.59. The summed E-state index contributed by atoms with van der Waals surface area (Å²) in [4.78, 5) is 2.27. The third kappa shape index (κ3) is 3.89. The molecule has 3 heteroatoms. The Morgan fingerprint density at radius 2 is 1.83 bits per heavy atom. The summed E-state index contributed by atoms with van der Waals surface area (Å²) in [6.07, 6.45) is 0.822. The standard InChI is InChI=1S/C15H25ClN2/c1-10(2)12(4)18(5)14-7-6-13(8-11(3)17)15(16)9-14/h6-7,9-12H,8,17H2,1-5H3. The summed E-state index contributed by atoms with van der Waals surface area (Å²) in [5, 5.41) is 0.813. The van der Waals surface area contributed by atoms with E-state index >= 15 is 0 Å². The zero-order valence-corrected chi connectivity index (χ0v) is 12.8. The van der Waals surface area contributed by atoms with Crippen molar-refractivity contribution in [3.8, 4) is 0 Å². The Labute approximate surface area is 116 Å². The Morgan fingerprint density at radius 3 is 2.28 bits per heavy atom. The van der Waals surface area contributed by atoms with Gasteiger partial charge in [-0.25, -0.2) is 0 Å². The monoisotopic (exact) mass is 268 g/mol. The highest BCUT2D eigenvalue weighted by molar-refractivity contribution is 6.31. The van der Waals surface area contributed by atoms with Crippen LogP contribution in [0.5, 0.6) is 0 Å². The van der Waals surface area contributed by atoms with Crippen LogP contribution >= 0.6 is 11.6 Å². The van der Waals surface area contributed by atoms with Crippen molar-refractivity contribution in [2.45, 2.75) is 46.2 Å². The molecule has 0 spiro atoms. The van der Waals surface area contributed by atoms with Gasteiger partial charge in [0.2, 0.25) is 0 Å². The summed E-state index contributed by atoms with van der Waals surface area (Å²) in [6.45, 7) is 8.69. The van der Waals surface area contributed by atoms with E-state index in [-0.39, 0.29) is 6.04 Å². The molecule has 0 saturated heterocycles. The van der Waals surface area contributed by atoms with Crippen molar-refractivity contribution in [3.63, 3.8) is 0 Å². The maximum absolute atomic E-state index is 6.32. The van der Waals surface area contributed by atoms with Crippen LogP contribution in [0.15, 0.2) is 18.2 Å². The van der Waals surface area contributed by atoms with Gasteiger partial charge in [-0.2, -0.15) is 0 Å². The van der Waals surface area contributed by atoms with Gasteiger partial charge in [0.25, 0.3) is 0 Å². The van der Waals surface area contributed by atoms with E-state index in [1.54, 1.807) is 0 Å². The summed E-state index contributed by atoms with van der Waals surface area (Å²) in [5.74, 6) is 0.609. The smallest absolute Gasteiger partial charge is 0.0459 e. The molecule has 2 atom stereocenters. The van der Waals surface area contributed by atoms with Crippen LogP contribution in [0.25, 0.3) is 0 Å². The SMILES string of the molecule is CC(N)Cc1ccc(N(C)C(C)C(C)C)cc1Cl. The van der Waals surface area contributed by atoms with Gasteiger partial charge < -0.3 is 10.6 Å². The third-order valence-corrected chi connectivity index (χ3v) is 3.91. The molecule has 2 unspecified atom stereocenters. The molecule has 2 nitrogen and oxygen atoms in total. The Balaban J connectivity index is 2.90. The second kappa shape index (κ2) is 6.44. The van der Waals surface area contributed by atoms with Gasteiger partial charge in [0.05, 0.1) is 0 Å². The lowest BCUT2D eigenvalue weighted by molar-refractivity contribution is 0.505. The molecule has 0 amide bonds. The van der Waals surface area contributed by atoms with Crippen molar-refractivity contribution in [1.29, 1.82) is 0 Å². The minimum atomic E-state index is 0.140. The summed E-state index contributed by atoms with van der Waals surface area (Å²) in [6, 6.07) is 6.88. The first-order chi connectivity index (χ1) is 8.32. The minimum absolute atomic E-state index is 0.140. The van der Waals surface area contributed by atoms with Crippen molar-refractivity contribution in [2.75, 3.05) is 11.9 Å². The van der Waals surface area contributed by atoms with E-state index in [0.717, 1.165) is 22.7 Å². The number of rotatable bonds is 5. The molecule has 0 radical (unpaired) electrons. The second-order valence-corrected chi connectivity index (χ2v) is 5.96. The van der Waals surface area contributed by atoms with Crippen LogP contribution in [-0.2, 0) is 6.42 Å². The molecular formula is C15H25ClN2. The van der Waals surface area contributed by atoms with Gasteiger partial charge in [0, 0.05) is 29.8 Å². The molecule has 0 heterocycles. The third-order valence-electron chi connectivity index (χ3n) is 3.56. The number of nitrogens with two attached hydrogens (primary N) is 1. The summed E-state index contributed by atoms with van der Waals surface area (Å²) >= 11 is 6.32. The molecule has 102 valence electrons. The van der Waals surface area contributed by atoms with Crippen molar-refractivity contribution in [3.05, 3.63) is 28.8 Å². The maximum Gasteiger partial charge on any atom is 0.0459 e. The second-order valence-electron chi connectivity index (χ2n) is 5.55. The van der Waals surface area contributed by atoms with Crippen LogP contribution in [0, 0.1) is 5.92 Å². The molecule has 1 aromatic carbocycles. The minimum Gasteiger partial charge on any atom is -0.372 e. The van der Waals surface area contributed by atoms with E-state index in [1.807, 2.05) is 13.0 Å². The number of hydrogen-bond acceptors (Lipinski definition) is 2. The lowest BCUT2D eigenvalue weighted by Crippen LogP contribution is -2.33. The Bertz CT molecular complexity index is 388. The molecule has 0 aliphatic heterocycles. The van der Waals surface area contributed by atoms with E-state index in [4.69, 9.17) is 17.3 Å². The number of hydrogen-bond donors (Lipinski definition) is 1. The molecular weight excluding hydrogens is 244 g/mol. The lowest BCUT2D eigenvalue weighted by Gasteiger charge is -2.30. The van der Waals surface area contributed by atoms with E-state index in [1.165, 1.54) is 0 Å². The molecule has 2 N–H and O–H groups in total. The molecule has 1 aromatic rings. The zero-order chi connectivity index (χ0) is 13.9. The Morgan fingerprint density at radius 1 is 1.22 bits per heavy atom. The highest BCUT2D eigenvalue weighted by Gasteiger charge is 2.14. The molecule has 0 aromatic heterocycles. The zero-order valence-electron chi connectivity index (χ0n) is 12.1. The largest absolute Gasteiger partial charge is 0.372 e. The summed E-state index contributed by atoms with van der Waals surface area (Å²) in [7, 11) is 2.11. The average molecular weight is 269 g/mol. The average Bonchev–Trinajstić information content (AvgIpc) is 2.29. The Kier molecular flexibility index (Phi) is 5.48. The van der Waals surface area contributed by atoms with Gasteiger partial charge in [-0.3, -0.25) is 0 Å². The molecule has 1 rings (SSSR count). The highest BCUT2D eigenvalue weighted by Crippen LogP contribution is 2.26. The van der Waals surface area contributed by atoms with Gasteiger partial charge in [-0.1, -0.05) is 31.5 Å². The fourth-order valence-electron chi connectivity index (χ4n) is 1.95.